The van der Waals surface area contributed by atoms with Crippen molar-refractivity contribution < 1.29 is 17.9 Å². The first kappa shape index (κ1) is 23.3. The Bertz CT molecular complexity index is 1040. The number of ether oxygens (including phenoxy) is 1. The van der Waals surface area contributed by atoms with Crippen LogP contribution in [0.15, 0.2) is 41.3 Å². The molecule has 1 amide bonds. The standard InChI is InChI=1S/C24H32N2O4S/c1-17-14-22(31(28,29)26(3)4)16-23(18(17)2)25-24(27)13-12-19-8-7-11-21(15-19)30-20-9-5-6-10-20/h7-8,11,14-16,20H,5-6,9-10,12-13H2,1-4H3,(H,25,27). The maximum absolute atomic E-state index is 12.6. The summed E-state index contributed by atoms with van der Waals surface area (Å²) in [4.78, 5) is 12.8. The zero-order valence-corrected chi connectivity index (χ0v) is 19.6. The van der Waals surface area contributed by atoms with Gasteiger partial charge < -0.3 is 10.1 Å². The number of anilines is 1. The second-order valence-electron chi connectivity index (χ2n) is 8.42. The summed E-state index contributed by atoms with van der Waals surface area (Å²) in [6.45, 7) is 3.72. The molecule has 1 aliphatic rings. The molecule has 0 saturated heterocycles. The quantitative estimate of drug-likeness (QED) is 0.653. The number of amides is 1. The molecule has 1 aliphatic carbocycles. The predicted octanol–water partition coefficient (Wildman–Crippen LogP) is 4.45. The molecule has 0 heterocycles. The molecule has 31 heavy (non-hydrogen) atoms. The Balaban J connectivity index is 1.65. The number of sulfonamides is 1. The molecule has 2 aromatic rings. The van der Waals surface area contributed by atoms with Gasteiger partial charge in [-0.25, -0.2) is 12.7 Å². The van der Waals surface area contributed by atoms with Gasteiger partial charge in [-0.2, -0.15) is 0 Å². The largest absolute Gasteiger partial charge is 0.490 e. The number of carbonyl (C=O) groups is 1. The molecule has 0 unspecified atom stereocenters. The number of carbonyl (C=O) groups excluding carboxylic acids is 1. The molecule has 0 bridgehead atoms. The average molecular weight is 445 g/mol. The van der Waals surface area contributed by atoms with Crippen LogP contribution in [-0.4, -0.2) is 38.8 Å². The molecule has 0 spiro atoms. The van der Waals surface area contributed by atoms with Crippen molar-refractivity contribution >= 4 is 21.6 Å². The summed E-state index contributed by atoms with van der Waals surface area (Å²) in [7, 11) is -0.590. The van der Waals surface area contributed by atoms with Crippen molar-refractivity contribution in [3.63, 3.8) is 0 Å². The molecule has 0 atom stereocenters. The Labute approximate surface area is 185 Å². The maximum atomic E-state index is 12.6. The van der Waals surface area contributed by atoms with E-state index >= 15 is 0 Å². The van der Waals surface area contributed by atoms with E-state index in [-0.39, 0.29) is 10.8 Å². The molecule has 0 aliphatic heterocycles. The van der Waals surface area contributed by atoms with Gasteiger partial charge in [-0.3, -0.25) is 4.79 Å². The number of rotatable bonds is 8. The number of hydrogen-bond donors (Lipinski definition) is 1. The number of benzene rings is 2. The summed E-state index contributed by atoms with van der Waals surface area (Å²) in [5.41, 5.74) is 3.25. The van der Waals surface area contributed by atoms with E-state index in [0.717, 1.165) is 35.3 Å². The van der Waals surface area contributed by atoms with E-state index in [1.807, 2.05) is 38.1 Å². The summed E-state index contributed by atoms with van der Waals surface area (Å²) < 4.78 is 32.2. The highest BCUT2D eigenvalue weighted by atomic mass is 32.2. The normalized spacial score (nSPS) is 14.7. The van der Waals surface area contributed by atoms with Crippen LogP contribution >= 0.6 is 0 Å². The van der Waals surface area contributed by atoms with Crippen molar-refractivity contribution in [2.75, 3.05) is 19.4 Å². The van der Waals surface area contributed by atoms with E-state index in [4.69, 9.17) is 4.74 Å². The van der Waals surface area contributed by atoms with Crippen molar-refractivity contribution in [1.82, 2.24) is 4.31 Å². The van der Waals surface area contributed by atoms with E-state index in [1.54, 1.807) is 6.07 Å². The van der Waals surface area contributed by atoms with Gasteiger partial charge >= 0.3 is 0 Å². The van der Waals surface area contributed by atoms with Gasteiger partial charge in [0.25, 0.3) is 0 Å². The van der Waals surface area contributed by atoms with Crippen molar-refractivity contribution in [2.24, 2.45) is 0 Å². The van der Waals surface area contributed by atoms with Crippen LogP contribution < -0.4 is 10.1 Å². The van der Waals surface area contributed by atoms with Crippen LogP contribution in [0.5, 0.6) is 5.75 Å². The summed E-state index contributed by atoms with van der Waals surface area (Å²) in [5, 5.41) is 2.89. The molecular weight excluding hydrogens is 412 g/mol. The highest BCUT2D eigenvalue weighted by molar-refractivity contribution is 7.89. The first-order valence-corrected chi connectivity index (χ1v) is 12.2. The Kier molecular flexibility index (Phi) is 7.38. The summed E-state index contributed by atoms with van der Waals surface area (Å²) >= 11 is 0. The van der Waals surface area contributed by atoms with Gasteiger partial charge in [-0.1, -0.05) is 12.1 Å². The third-order valence-corrected chi connectivity index (χ3v) is 7.63. The lowest BCUT2D eigenvalue weighted by molar-refractivity contribution is -0.116. The Morgan fingerprint density at radius 3 is 2.52 bits per heavy atom. The van der Waals surface area contributed by atoms with Gasteiger partial charge in [0.05, 0.1) is 11.0 Å². The number of nitrogens with zero attached hydrogens (tertiary/aromatic N) is 1. The fraction of sp³-hybridized carbons (Fsp3) is 0.458. The molecule has 7 heteroatoms. The monoisotopic (exact) mass is 444 g/mol. The van der Waals surface area contributed by atoms with Gasteiger partial charge in [-0.15, -0.1) is 0 Å². The molecule has 2 aromatic carbocycles. The van der Waals surface area contributed by atoms with Crippen molar-refractivity contribution in [2.45, 2.75) is 63.4 Å². The minimum atomic E-state index is -3.58. The summed E-state index contributed by atoms with van der Waals surface area (Å²) in [6, 6.07) is 11.1. The number of nitrogens with one attached hydrogen (secondary N) is 1. The predicted molar refractivity (Wildman–Crippen MR) is 123 cm³/mol. The smallest absolute Gasteiger partial charge is 0.242 e. The topological polar surface area (TPSA) is 75.7 Å². The molecule has 0 aromatic heterocycles. The van der Waals surface area contributed by atoms with Gasteiger partial charge in [0, 0.05) is 26.2 Å². The second kappa shape index (κ2) is 9.83. The van der Waals surface area contributed by atoms with E-state index in [2.05, 4.69) is 5.32 Å². The molecule has 1 N–H and O–H groups in total. The minimum Gasteiger partial charge on any atom is -0.490 e. The first-order valence-electron chi connectivity index (χ1n) is 10.8. The third-order valence-electron chi connectivity index (χ3n) is 5.84. The van der Waals surface area contributed by atoms with E-state index < -0.39 is 10.0 Å². The minimum absolute atomic E-state index is 0.149. The van der Waals surface area contributed by atoms with Gasteiger partial charge in [0.15, 0.2) is 0 Å². The van der Waals surface area contributed by atoms with E-state index in [1.165, 1.54) is 37.3 Å². The highest BCUT2D eigenvalue weighted by Gasteiger charge is 2.20. The van der Waals surface area contributed by atoms with Crippen LogP contribution in [0.25, 0.3) is 0 Å². The summed E-state index contributed by atoms with van der Waals surface area (Å²) in [6.07, 6.45) is 5.84. The maximum Gasteiger partial charge on any atom is 0.242 e. The third kappa shape index (κ3) is 5.86. The molecule has 0 radical (unpaired) electrons. The number of hydrogen-bond acceptors (Lipinski definition) is 4. The van der Waals surface area contributed by atoms with Crippen LogP contribution in [0, 0.1) is 13.8 Å². The second-order valence-corrected chi connectivity index (χ2v) is 10.6. The fourth-order valence-electron chi connectivity index (χ4n) is 3.76. The van der Waals surface area contributed by atoms with Crippen LogP contribution in [0.4, 0.5) is 5.69 Å². The Hall–Kier alpha value is -2.38. The zero-order valence-electron chi connectivity index (χ0n) is 18.8. The number of aryl methyl sites for hydroxylation is 2. The van der Waals surface area contributed by atoms with Crippen LogP contribution in [0.1, 0.15) is 48.8 Å². The average Bonchev–Trinajstić information content (AvgIpc) is 3.23. The van der Waals surface area contributed by atoms with E-state index in [9.17, 15) is 13.2 Å². The molecule has 1 saturated carbocycles. The molecular formula is C24H32N2O4S. The SMILES string of the molecule is Cc1cc(S(=O)(=O)N(C)C)cc(NC(=O)CCc2cccc(OC3CCCC3)c2)c1C. The zero-order chi connectivity index (χ0) is 22.6. The van der Waals surface area contributed by atoms with Crippen LogP contribution in [0.3, 0.4) is 0 Å². The van der Waals surface area contributed by atoms with Crippen molar-refractivity contribution in [3.05, 3.63) is 53.1 Å². The lowest BCUT2D eigenvalue weighted by Crippen LogP contribution is -2.23. The van der Waals surface area contributed by atoms with Crippen molar-refractivity contribution in [1.29, 1.82) is 0 Å². The Morgan fingerprint density at radius 2 is 1.84 bits per heavy atom. The van der Waals surface area contributed by atoms with Gasteiger partial charge in [0.2, 0.25) is 15.9 Å². The molecule has 1 fully saturated rings. The van der Waals surface area contributed by atoms with Crippen molar-refractivity contribution in [3.8, 4) is 5.75 Å². The Morgan fingerprint density at radius 1 is 1.13 bits per heavy atom. The lowest BCUT2D eigenvalue weighted by Gasteiger charge is -2.16. The van der Waals surface area contributed by atoms with Crippen LogP contribution in [0.2, 0.25) is 0 Å². The highest BCUT2D eigenvalue weighted by Crippen LogP contribution is 2.27. The van der Waals surface area contributed by atoms with Gasteiger partial charge in [0.1, 0.15) is 5.75 Å². The molecule has 6 nitrogen and oxygen atoms in total. The van der Waals surface area contributed by atoms with Crippen LogP contribution in [-0.2, 0) is 21.2 Å². The fourth-order valence-corrected chi connectivity index (χ4v) is 4.77. The summed E-state index contributed by atoms with van der Waals surface area (Å²) in [5.74, 6) is 0.710. The van der Waals surface area contributed by atoms with Gasteiger partial charge in [-0.05, 0) is 86.9 Å². The first-order chi connectivity index (χ1) is 14.7. The molecule has 3 rings (SSSR count). The van der Waals surface area contributed by atoms with E-state index in [0.29, 0.717) is 24.6 Å². The molecule has 168 valence electrons. The lowest BCUT2D eigenvalue weighted by atomic mass is 10.1.